The number of carbonyl (C=O) groups excluding carboxylic acids is 1. The molecule has 2 amide bonds. The van der Waals surface area contributed by atoms with Gasteiger partial charge in [0.15, 0.2) is 5.82 Å². The highest BCUT2D eigenvalue weighted by Gasteiger charge is 2.12. The average Bonchev–Trinajstić information content (AvgIpc) is 3.26. The van der Waals surface area contributed by atoms with Crippen LogP contribution in [0.3, 0.4) is 0 Å². The number of urea groups is 1. The zero-order valence-corrected chi connectivity index (χ0v) is 16.9. The van der Waals surface area contributed by atoms with Crippen molar-refractivity contribution in [2.24, 2.45) is 0 Å². The van der Waals surface area contributed by atoms with Crippen LogP contribution in [-0.4, -0.2) is 27.2 Å². The number of halogens is 1. The van der Waals surface area contributed by atoms with Gasteiger partial charge in [0.05, 0.1) is 5.69 Å². The van der Waals surface area contributed by atoms with Crippen molar-refractivity contribution >= 4 is 28.0 Å². The van der Waals surface area contributed by atoms with Gasteiger partial charge in [-0.2, -0.15) is 4.98 Å². The number of fused-ring (bicyclic) bond motifs is 1. The van der Waals surface area contributed by atoms with Crippen LogP contribution in [0.2, 0.25) is 0 Å². The van der Waals surface area contributed by atoms with Gasteiger partial charge >= 0.3 is 6.03 Å². The maximum Gasteiger partial charge on any atom is 0.319 e. The Morgan fingerprint density at radius 3 is 2.83 bits per heavy atom. The van der Waals surface area contributed by atoms with E-state index in [1.807, 2.05) is 37.4 Å². The van der Waals surface area contributed by atoms with E-state index in [-0.39, 0.29) is 11.8 Å². The summed E-state index contributed by atoms with van der Waals surface area (Å²) in [4.78, 5) is 17.3. The topological polar surface area (TPSA) is 71.3 Å². The molecule has 0 saturated heterocycles. The lowest BCUT2D eigenvalue weighted by atomic mass is 10.1. The molecule has 4 rings (SSSR count). The number of nitrogens with one attached hydrogen (secondary N) is 2. The molecule has 2 N–H and O–H groups in total. The van der Waals surface area contributed by atoms with Gasteiger partial charge in [-0.15, -0.1) is 16.4 Å². The number of carbonyl (C=O) groups is 1. The highest BCUT2D eigenvalue weighted by Crippen LogP contribution is 2.21. The van der Waals surface area contributed by atoms with Crippen LogP contribution < -0.4 is 10.6 Å². The molecule has 6 nitrogen and oxygen atoms in total. The number of hydrogen-bond acceptors (Lipinski definition) is 4. The second-order valence-corrected chi connectivity index (χ2v) is 7.63. The van der Waals surface area contributed by atoms with E-state index in [1.54, 1.807) is 16.6 Å². The Morgan fingerprint density at radius 2 is 2.03 bits per heavy atom. The van der Waals surface area contributed by atoms with E-state index in [1.165, 1.54) is 29.0 Å². The van der Waals surface area contributed by atoms with Crippen molar-refractivity contribution in [3.8, 4) is 11.4 Å². The van der Waals surface area contributed by atoms with Crippen LogP contribution in [0.1, 0.15) is 16.8 Å². The van der Waals surface area contributed by atoms with Gasteiger partial charge in [0.2, 0.25) is 4.96 Å². The van der Waals surface area contributed by atoms with E-state index in [2.05, 4.69) is 20.7 Å². The smallest absolute Gasteiger partial charge is 0.319 e. The number of aromatic nitrogens is 3. The third kappa shape index (κ3) is 4.27. The van der Waals surface area contributed by atoms with Crippen LogP contribution in [0.15, 0.2) is 47.8 Å². The van der Waals surface area contributed by atoms with E-state index in [4.69, 9.17) is 0 Å². The molecule has 4 aromatic rings. The molecule has 0 atom stereocenters. The predicted molar refractivity (Wildman–Crippen MR) is 113 cm³/mol. The normalized spacial score (nSPS) is 11.0. The molecule has 0 aliphatic heterocycles. The molecule has 0 unspecified atom stereocenters. The van der Waals surface area contributed by atoms with Crippen molar-refractivity contribution in [1.29, 1.82) is 0 Å². The van der Waals surface area contributed by atoms with Crippen LogP contribution in [0.25, 0.3) is 16.3 Å². The Bertz CT molecular complexity index is 1180. The molecule has 0 bridgehead atoms. The van der Waals surface area contributed by atoms with Gasteiger partial charge in [0.25, 0.3) is 0 Å². The number of hydrogen-bond donors (Lipinski definition) is 2. The minimum Gasteiger partial charge on any atom is -0.337 e. The van der Waals surface area contributed by atoms with E-state index in [0.717, 1.165) is 21.9 Å². The maximum absolute atomic E-state index is 13.4. The first-order chi connectivity index (χ1) is 14.0. The number of anilines is 1. The summed E-state index contributed by atoms with van der Waals surface area (Å²) in [5.74, 6) is 0.165. The molecule has 29 heavy (non-hydrogen) atoms. The first-order valence-electron chi connectivity index (χ1n) is 9.21. The minimum atomic E-state index is -0.320. The number of aryl methyl sites for hydroxylation is 2. The number of amides is 2. The quantitative estimate of drug-likeness (QED) is 0.507. The Labute approximate surface area is 171 Å². The molecule has 0 fully saturated rings. The first-order valence-corrected chi connectivity index (χ1v) is 10.1. The molecular weight excluding hydrogens is 389 g/mol. The molecule has 0 radical (unpaired) electrons. The highest BCUT2D eigenvalue weighted by molar-refractivity contribution is 7.15. The van der Waals surface area contributed by atoms with E-state index in [9.17, 15) is 9.18 Å². The Kier molecular flexibility index (Phi) is 5.26. The zero-order chi connectivity index (χ0) is 20.4. The molecule has 148 valence electrons. The maximum atomic E-state index is 13.4. The molecule has 0 saturated carbocycles. The van der Waals surface area contributed by atoms with Crippen LogP contribution in [0.4, 0.5) is 14.9 Å². The second-order valence-electron chi connectivity index (χ2n) is 6.80. The molecule has 0 spiro atoms. The van der Waals surface area contributed by atoms with Gasteiger partial charge in [-0.25, -0.2) is 13.7 Å². The summed E-state index contributed by atoms with van der Waals surface area (Å²) in [6.07, 6.45) is 0.603. The summed E-state index contributed by atoms with van der Waals surface area (Å²) in [5.41, 5.74) is 4.65. The van der Waals surface area contributed by atoms with Gasteiger partial charge in [-0.1, -0.05) is 18.2 Å². The lowest BCUT2D eigenvalue weighted by Crippen LogP contribution is -2.30. The van der Waals surface area contributed by atoms with Crippen LogP contribution >= 0.6 is 11.3 Å². The van der Waals surface area contributed by atoms with Gasteiger partial charge in [0.1, 0.15) is 5.82 Å². The van der Waals surface area contributed by atoms with Crippen molar-refractivity contribution < 1.29 is 9.18 Å². The van der Waals surface area contributed by atoms with E-state index < -0.39 is 0 Å². The summed E-state index contributed by atoms with van der Waals surface area (Å²) in [5, 5.41) is 12.2. The second kappa shape index (κ2) is 8.00. The van der Waals surface area contributed by atoms with E-state index >= 15 is 0 Å². The fraction of sp³-hybridized carbons (Fsp3) is 0.190. The fourth-order valence-corrected chi connectivity index (χ4v) is 3.80. The molecule has 2 aromatic carbocycles. The Balaban J connectivity index is 1.38. The van der Waals surface area contributed by atoms with Crippen molar-refractivity contribution in [3.63, 3.8) is 0 Å². The Hall–Kier alpha value is -3.26. The Morgan fingerprint density at radius 1 is 1.17 bits per heavy atom. The predicted octanol–water partition coefficient (Wildman–Crippen LogP) is 4.58. The highest BCUT2D eigenvalue weighted by atomic mass is 32.1. The summed E-state index contributed by atoms with van der Waals surface area (Å²) in [7, 11) is 0. The summed E-state index contributed by atoms with van der Waals surface area (Å²) in [6, 6.07) is 11.8. The third-order valence-corrected chi connectivity index (χ3v) is 5.53. The fourth-order valence-electron chi connectivity index (χ4n) is 2.95. The zero-order valence-electron chi connectivity index (χ0n) is 16.1. The molecule has 8 heteroatoms. The number of benzene rings is 2. The molecular formula is C21H20FN5OS. The van der Waals surface area contributed by atoms with Gasteiger partial charge < -0.3 is 10.6 Å². The van der Waals surface area contributed by atoms with Crippen LogP contribution in [-0.2, 0) is 6.42 Å². The lowest BCUT2D eigenvalue weighted by molar-refractivity contribution is 0.252. The van der Waals surface area contributed by atoms with Crippen molar-refractivity contribution in [2.75, 3.05) is 11.9 Å². The first kappa shape index (κ1) is 19.1. The number of nitrogens with zero attached hydrogens (tertiary/aromatic N) is 3. The van der Waals surface area contributed by atoms with Crippen LogP contribution in [0, 0.1) is 19.7 Å². The van der Waals surface area contributed by atoms with Crippen molar-refractivity contribution in [3.05, 3.63) is 70.5 Å². The monoisotopic (exact) mass is 409 g/mol. The minimum absolute atomic E-state index is 0.251. The molecule has 2 heterocycles. The third-order valence-electron chi connectivity index (χ3n) is 4.66. The molecule has 0 aliphatic rings. The SMILES string of the molecule is Cc1ccc(NC(=O)NCCc2csc3nc(-c4cccc(F)c4)nn23)cc1C. The van der Waals surface area contributed by atoms with Crippen LogP contribution in [0.5, 0.6) is 0 Å². The van der Waals surface area contributed by atoms with Gasteiger partial charge in [0, 0.05) is 29.6 Å². The van der Waals surface area contributed by atoms with Crippen molar-refractivity contribution in [1.82, 2.24) is 19.9 Å². The molecule has 2 aromatic heterocycles. The largest absolute Gasteiger partial charge is 0.337 e. The summed E-state index contributed by atoms with van der Waals surface area (Å²) in [6.45, 7) is 4.50. The average molecular weight is 409 g/mol. The van der Waals surface area contributed by atoms with Gasteiger partial charge in [-0.3, -0.25) is 0 Å². The summed E-state index contributed by atoms with van der Waals surface area (Å²) < 4.78 is 15.2. The molecule has 0 aliphatic carbocycles. The van der Waals surface area contributed by atoms with E-state index in [0.29, 0.717) is 24.4 Å². The standard InChI is InChI=1S/C21H20FN5OS/c1-13-6-7-17(10-14(13)2)24-20(28)23-9-8-18-12-29-21-25-19(26-27(18)21)15-4-3-5-16(22)11-15/h3-7,10-12H,8-9H2,1-2H3,(H2,23,24,28). The van der Waals surface area contributed by atoms with Crippen molar-refractivity contribution in [2.45, 2.75) is 20.3 Å². The number of rotatable bonds is 5. The number of thiazole rings is 1. The summed E-state index contributed by atoms with van der Waals surface area (Å²) >= 11 is 1.47. The lowest BCUT2D eigenvalue weighted by Gasteiger charge is -2.09. The van der Waals surface area contributed by atoms with Gasteiger partial charge in [-0.05, 0) is 49.2 Å².